The highest BCUT2D eigenvalue weighted by Crippen LogP contribution is 2.28. The molecule has 1 unspecified atom stereocenters. The molecule has 2 rings (SSSR count). The third kappa shape index (κ3) is 2.85. The summed E-state index contributed by atoms with van der Waals surface area (Å²) in [5, 5.41) is 0. The summed E-state index contributed by atoms with van der Waals surface area (Å²) < 4.78 is 5.22. The molecule has 106 valence electrons. The summed E-state index contributed by atoms with van der Waals surface area (Å²) in [5.74, 6) is 0.890. The second kappa shape index (κ2) is 5.39. The second-order valence-corrected chi connectivity index (χ2v) is 5.91. The van der Waals surface area contributed by atoms with Gasteiger partial charge >= 0.3 is 0 Å². The predicted molar refractivity (Wildman–Crippen MR) is 79.9 cm³/mol. The average Bonchev–Trinajstić information content (AvgIpc) is 2.41. The van der Waals surface area contributed by atoms with Gasteiger partial charge in [0.1, 0.15) is 5.75 Å². The smallest absolute Gasteiger partial charge is 0.119 e. The number of nitrogens with zero attached hydrogens (tertiary/aromatic N) is 2. The van der Waals surface area contributed by atoms with Crippen LogP contribution in [0.25, 0.3) is 0 Å². The molecule has 0 bridgehead atoms. The predicted octanol–water partition coefficient (Wildman–Crippen LogP) is 1.55. The van der Waals surface area contributed by atoms with Crippen molar-refractivity contribution < 1.29 is 4.74 Å². The van der Waals surface area contributed by atoms with Crippen LogP contribution in [-0.2, 0) is 0 Å². The highest BCUT2D eigenvalue weighted by molar-refractivity contribution is 5.51. The molecule has 4 heteroatoms. The van der Waals surface area contributed by atoms with E-state index >= 15 is 0 Å². The fourth-order valence-electron chi connectivity index (χ4n) is 2.61. The SMILES string of the molecule is COc1ccc(N2CC(C)(C)N(C)CC2CN)cc1. The number of likely N-dealkylation sites (N-methyl/N-ethyl adjacent to an activating group) is 1. The van der Waals surface area contributed by atoms with Gasteiger partial charge in [0.2, 0.25) is 0 Å². The summed E-state index contributed by atoms with van der Waals surface area (Å²) in [5.41, 5.74) is 7.32. The highest BCUT2D eigenvalue weighted by Gasteiger charge is 2.36. The van der Waals surface area contributed by atoms with Crippen LogP contribution in [0.2, 0.25) is 0 Å². The van der Waals surface area contributed by atoms with Crippen molar-refractivity contribution in [2.24, 2.45) is 5.73 Å². The van der Waals surface area contributed by atoms with Gasteiger partial charge in [0.05, 0.1) is 13.2 Å². The first-order valence-electron chi connectivity index (χ1n) is 6.80. The Morgan fingerprint density at radius 3 is 2.47 bits per heavy atom. The van der Waals surface area contributed by atoms with Crippen molar-refractivity contribution in [1.82, 2.24) is 4.90 Å². The third-order valence-corrected chi connectivity index (χ3v) is 4.19. The molecule has 1 atom stereocenters. The van der Waals surface area contributed by atoms with E-state index in [0.717, 1.165) is 18.8 Å². The Kier molecular flexibility index (Phi) is 4.02. The van der Waals surface area contributed by atoms with Crippen LogP contribution in [0.1, 0.15) is 13.8 Å². The Morgan fingerprint density at radius 1 is 1.32 bits per heavy atom. The van der Waals surface area contributed by atoms with Gasteiger partial charge in [0.25, 0.3) is 0 Å². The number of methoxy groups -OCH3 is 1. The number of rotatable bonds is 3. The Morgan fingerprint density at radius 2 is 1.95 bits per heavy atom. The van der Waals surface area contributed by atoms with Gasteiger partial charge < -0.3 is 15.4 Å². The van der Waals surface area contributed by atoms with Crippen LogP contribution in [0.4, 0.5) is 5.69 Å². The quantitative estimate of drug-likeness (QED) is 0.898. The van der Waals surface area contributed by atoms with Gasteiger partial charge in [0, 0.05) is 30.9 Å². The van der Waals surface area contributed by atoms with Gasteiger partial charge in [-0.25, -0.2) is 0 Å². The molecule has 0 aromatic heterocycles. The topological polar surface area (TPSA) is 41.7 Å². The zero-order valence-corrected chi connectivity index (χ0v) is 12.4. The highest BCUT2D eigenvalue weighted by atomic mass is 16.5. The minimum absolute atomic E-state index is 0.158. The van der Waals surface area contributed by atoms with Crippen LogP contribution < -0.4 is 15.4 Å². The number of hydrogen-bond donors (Lipinski definition) is 1. The monoisotopic (exact) mass is 263 g/mol. The molecule has 0 spiro atoms. The van der Waals surface area contributed by atoms with E-state index in [1.165, 1.54) is 5.69 Å². The number of piperazine rings is 1. The van der Waals surface area contributed by atoms with Crippen molar-refractivity contribution in [3.8, 4) is 5.75 Å². The first-order chi connectivity index (χ1) is 8.97. The molecule has 1 aromatic rings. The van der Waals surface area contributed by atoms with Crippen LogP contribution in [0.15, 0.2) is 24.3 Å². The van der Waals surface area contributed by atoms with E-state index in [1.54, 1.807) is 7.11 Å². The summed E-state index contributed by atoms with van der Waals surface area (Å²) in [4.78, 5) is 4.81. The van der Waals surface area contributed by atoms with E-state index in [4.69, 9.17) is 10.5 Å². The van der Waals surface area contributed by atoms with Gasteiger partial charge in [-0.15, -0.1) is 0 Å². The zero-order chi connectivity index (χ0) is 14.0. The molecular weight excluding hydrogens is 238 g/mol. The van der Waals surface area contributed by atoms with Gasteiger partial charge in [-0.05, 0) is 45.2 Å². The molecule has 1 heterocycles. The maximum atomic E-state index is 5.94. The van der Waals surface area contributed by atoms with Gasteiger partial charge in [0.15, 0.2) is 0 Å². The van der Waals surface area contributed by atoms with Crippen molar-refractivity contribution in [3.63, 3.8) is 0 Å². The molecule has 1 saturated heterocycles. The van der Waals surface area contributed by atoms with Crippen molar-refractivity contribution >= 4 is 5.69 Å². The molecule has 2 N–H and O–H groups in total. The molecule has 1 aliphatic rings. The molecule has 4 nitrogen and oxygen atoms in total. The lowest BCUT2D eigenvalue weighted by molar-refractivity contribution is 0.116. The molecule has 1 aliphatic heterocycles. The lowest BCUT2D eigenvalue weighted by atomic mass is 9.95. The van der Waals surface area contributed by atoms with Gasteiger partial charge in [-0.1, -0.05) is 0 Å². The van der Waals surface area contributed by atoms with Crippen molar-refractivity contribution in [3.05, 3.63) is 24.3 Å². The minimum Gasteiger partial charge on any atom is -0.497 e. The minimum atomic E-state index is 0.158. The zero-order valence-electron chi connectivity index (χ0n) is 12.4. The molecular formula is C15H25N3O. The first-order valence-corrected chi connectivity index (χ1v) is 6.80. The number of hydrogen-bond acceptors (Lipinski definition) is 4. The van der Waals surface area contributed by atoms with E-state index < -0.39 is 0 Å². The van der Waals surface area contributed by atoms with Crippen LogP contribution in [0.5, 0.6) is 5.75 Å². The molecule has 0 radical (unpaired) electrons. The second-order valence-electron chi connectivity index (χ2n) is 5.91. The normalized spacial score (nSPS) is 23.4. The Hall–Kier alpha value is -1.26. The molecule has 0 amide bonds. The van der Waals surface area contributed by atoms with E-state index in [9.17, 15) is 0 Å². The Balaban J connectivity index is 2.24. The first kappa shape index (κ1) is 14.2. The third-order valence-electron chi connectivity index (χ3n) is 4.19. The number of benzene rings is 1. The van der Waals surface area contributed by atoms with Crippen LogP contribution in [0, 0.1) is 0 Å². The van der Waals surface area contributed by atoms with Crippen LogP contribution in [0.3, 0.4) is 0 Å². The van der Waals surface area contributed by atoms with E-state index in [2.05, 4.69) is 42.8 Å². The lowest BCUT2D eigenvalue weighted by Gasteiger charge is -2.50. The maximum absolute atomic E-state index is 5.94. The summed E-state index contributed by atoms with van der Waals surface area (Å²) in [6, 6.07) is 8.61. The largest absolute Gasteiger partial charge is 0.497 e. The number of nitrogens with two attached hydrogens (primary N) is 1. The fourth-order valence-corrected chi connectivity index (χ4v) is 2.61. The van der Waals surface area contributed by atoms with Gasteiger partial charge in [-0.2, -0.15) is 0 Å². The van der Waals surface area contributed by atoms with E-state index in [1.807, 2.05) is 12.1 Å². The Labute approximate surface area is 116 Å². The molecule has 19 heavy (non-hydrogen) atoms. The number of anilines is 1. The molecule has 1 fully saturated rings. The maximum Gasteiger partial charge on any atom is 0.119 e. The van der Waals surface area contributed by atoms with E-state index in [-0.39, 0.29) is 5.54 Å². The fraction of sp³-hybridized carbons (Fsp3) is 0.600. The van der Waals surface area contributed by atoms with E-state index in [0.29, 0.717) is 12.6 Å². The molecule has 0 aliphatic carbocycles. The van der Waals surface area contributed by atoms with Crippen LogP contribution >= 0.6 is 0 Å². The summed E-state index contributed by atoms with van der Waals surface area (Å²) in [6.07, 6.45) is 0. The molecule has 0 saturated carbocycles. The lowest BCUT2D eigenvalue weighted by Crippen LogP contribution is -2.64. The van der Waals surface area contributed by atoms with Crippen molar-refractivity contribution in [1.29, 1.82) is 0 Å². The van der Waals surface area contributed by atoms with Gasteiger partial charge in [-0.3, -0.25) is 4.90 Å². The summed E-state index contributed by atoms with van der Waals surface area (Å²) in [6.45, 7) is 7.20. The number of ether oxygens (including phenoxy) is 1. The summed E-state index contributed by atoms with van der Waals surface area (Å²) >= 11 is 0. The molecule has 1 aromatic carbocycles. The summed E-state index contributed by atoms with van der Waals surface area (Å²) in [7, 11) is 3.87. The van der Waals surface area contributed by atoms with Crippen molar-refractivity contribution in [2.75, 3.05) is 38.7 Å². The van der Waals surface area contributed by atoms with Crippen LogP contribution in [-0.4, -0.2) is 50.3 Å². The average molecular weight is 263 g/mol. The van der Waals surface area contributed by atoms with Crippen molar-refractivity contribution in [2.45, 2.75) is 25.4 Å². The standard InChI is InChI=1S/C15H25N3O/c1-15(2)11-18(13(9-16)10-17(15)3)12-5-7-14(19-4)8-6-12/h5-8,13H,9-11,16H2,1-4H3. The Bertz CT molecular complexity index is 416.